The molecule has 0 atom stereocenters. The SMILES string of the molecule is OBOc1ccccc1OCc1ccccc1. The minimum Gasteiger partial charge on any atom is -0.536 e. The topological polar surface area (TPSA) is 38.7 Å². The Morgan fingerprint density at radius 3 is 2.24 bits per heavy atom. The fourth-order valence-electron chi connectivity index (χ4n) is 1.49. The molecule has 0 bridgehead atoms. The van der Waals surface area contributed by atoms with Crippen LogP contribution in [0.4, 0.5) is 0 Å². The molecule has 0 fully saturated rings. The average molecular weight is 228 g/mol. The Balaban J connectivity index is 2.03. The van der Waals surface area contributed by atoms with E-state index in [-0.39, 0.29) is 7.69 Å². The van der Waals surface area contributed by atoms with Gasteiger partial charge in [0.2, 0.25) is 0 Å². The summed E-state index contributed by atoms with van der Waals surface area (Å²) in [6.45, 7) is 0.479. The first-order valence-electron chi connectivity index (χ1n) is 5.39. The Labute approximate surface area is 101 Å². The molecule has 0 aliphatic heterocycles. The quantitative estimate of drug-likeness (QED) is 0.794. The zero-order chi connectivity index (χ0) is 11.9. The van der Waals surface area contributed by atoms with Crippen LogP contribution in [-0.2, 0) is 6.61 Å². The van der Waals surface area contributed by atoms with E-state index >= 15 is 0 Å². The Hall–Kier alpha value is -1.94. The van der Waals surface area contributed by atoms with E-state index < -0.39 is 0 Å². The maximum absolute atomic E-state index is 8.75. The Bertz CT molecular complexity index is 459. The predicted octanol–water partition coefficient (Wildman–Crippen LogP) is 1.90. The third-order valence-corrected chi connectivity index (χ3v) is 2.31. The molecule has 0 unspecified atom stereocenters. The molecule has 0 heterocycles. The average Bonchev–Trinajstić information content (AvgIpc) is 2.39. The Morgan fingerprint density at radius 1 is 0.882 bits per heavy atom. The third kappa shape index (κ3) is 3.26. The van der Waals surface area contributed by atoms with E-state index in [0.29, 0.717) is 18.1 Å². The van der Waals surface area contributed by atoms with Gasteiger partial charge in [-0.25, -0.2) is 0 Å². The zero-order valence-corrected chi connectivity index (χ0v) is 9.37. The van der Waals surface area contributed by atoms with E-state index in [4.69, 9.17) is 14.4 Å². The molecule has 0 spiro atoms. The Kier molecular flexibility index (Phi) is 4.05. The monoisotopic (exact) mass is 228 g/mol. The third-order valence-electron chi connectivity index (χ3n) is 2.31. The van der Waals surface area contributed by atoms with E-state index in [1.807, 2.05) is 48.5 Å². The highest BCUT2D eigenvalue weighted by atomic mass is 16.5. The van der Waals surface area contributed by atoms with Gasteiger partial charge in [-0.15, -0.1) is 0 Å². The molecule has 86 valence electrons. The highest BCUT2D eigenvalue weighted by molar-refractivity contribution is 6.17. The van der Waals surface area contributed by atoms with Crippen molar-refractivity contribution < 1.29 is 14.4 Å². The van der Waals surface area contributed by atoms with Crippen LogP contribution >= 0.6 is 0 Å². The van der Waals surface area contributed by atoms with Gasteiger partial charge in [-0.2, -0.15) is 0 Å². The Morgan fingerprint density at radius 2 is 1.53 bits per heavy atom. The van der Waals surface area contributed by atoms with Gasteiger partial charge in [-0.3, -0.25) is 0 Å². The highest BCUT2D eigenvalue weighted by Crippen LogP contribution is 2.26. The maximum Gasteiger partial charge on any atom is 0.504 e. The molecule has 2 aromatic rings. The van der Waals surface area contributed by atoms with Crippen LogP contribution in [0, 0.1) is 0 Å². The minimum atomic E-state index is -0.355. The van der Waals surface area contributed by atoms with Crippen molar-refractivity contribution in [2.24, 2.45) is 0 Å². The lowest BCUT2D eigenvalue weighted by Crippen LogP contribution is -2.03. The van der Waals surface area contributed by atoms with E-state index in [1.54, 1.807) is 6.07 Å². The molecule has 0 radical (unpaired) electrons. The van der Waals surface area contributed by atoms with E-state index in [0.717, 1.165) is 5.56 Å². The van der Waals surface area contributed by atoms with E-state index in [9.17, 15) is 0 Å². The van der Waals surface area contributed by atoms with Crippen LogP contribution in [0.2, 0.25) is 0 Å². The summed E-state index contributed by atoms with van der Waals surface area (Å²) in [6.07, 6.45) is 0. The number of hydrogen-bond donors (Lipinski definition) is 1. The molecule has 17 heavy (non-hydrogen) atoms. The second-order valence-corrected chi connectivity index (χ2v) is 3.49. The van der Waals surface area contributed by atoms with Gasteiger partial charge in [0.15, 0.2) is 5.75 Å². The second kappa shape index (κ2) is 5.96. The number of benzene rings is 2. The second-order valence-electron chi connectivity index (χ2n) is 3.49. The van der Waals surface area contributed by atoms with E-state index in [1.165, 1.54) is 0 Å². The van der Waals surface area contributed by atoms with Crippen molar-refractivity contribution in [2.75, 3.05) is 0 Å². The van der Waals surface area contributed by atoms with Gasteiger partial charge in [0.25, 0.3) is 0 Å². The predicted molar refractivity (Wildman–Crippen MR) is 67.2 cm³/mol. The summed E-state index contributed by atoms with van der Waals surface area (Å²) in [6, 6.07) is 17.2. The van der Waals surface area contributed by atoms with Crippen LogP contribution in [0.3, 0.4) is 0 Å². The molecule has 4 heteroatoms. The molecule has 0 aromatic heterocycles. The summed E-state index contributed by atoms with van der Waals surface area (Å²) >= 11 is 0. The molecule has 2 rings (SSSR count). The van der Waals surface area contributed by atoms with Gasteiger partial charge in [-0.1, -0.05) is 42.5 Å². The highest BCUT2D eigenvalue weighted by Gasteiger charge is 2.03. The first kappa shape index (κ1) is 11.5. The molecule has 0 aliphatic rings. The van der Waals surface area contributed by atoms with Crippen LogP contribution in [0.5, 0.6) is 11.5 Å². The minimum absolute atomic E-state index is 0.355. The zero-order valence-electron chi connectivity index (χ0n) is 9.37. The fourth-order valence-corrected chi connectivity index (χ4v) is 1.49. The van der Waals surface area contributed by atoms with Gasteiger partial charge < -0.3 is 14.4 Å². The summed E-state index contributed by atoms with van der Waals surface area (Å²) in [4.78, 5) is 0. The standard InChI is InChI=1S/C13H13BO3/c15-14-17-13-9-5-4-8-12(13)16-10-11-6-2-1-3-7-11/h1-9,14-15H,10H2. The summed E-state index contributed by atoms with van der Waals surface area (Å²) in [5.41, 5.74) is 1.09. The molecular formula is C13H13BO3. The first-order chi connectivity index (χ1) is 8.40. The van der Waals surface area contributed by atoms with Gasteiger partial charge >= 0.3 is 7.69 Å². The van der Waals surface area contributed by atoms with Crippen molar-refractivity contribution in [3.05, 3.63) is 60.2 Å². The van der Waals surface area contributed by atoms with Gasteiger partial charge in [0.05, 0.1) is 0 Å². The van der Waals surface area contributed by atoms with Crippen molar-refractivity contribution in [3.8, 4) is 11.5 Å². The maximum atomic E-state index is 8.75. The van der Waals surface area contributed by atoms with Gasteiger partial charge in [-0.05, 0) is 17.7 Å². The lowest BCUT2D eigenvalue weighted by Gasteiger charge is -2.11. The summed E-state index contributed by atoms with van der Waals surface area (Å²) < 4.78 is 10.7. The van der Waals surface area contributed by atoms with Crippen LogP contribution in [0.1, 0.15) is 5.56 Å². The summed E-state index contributed by atoms with van der Waals surface area (Å²) in [5, 5.41) is 8.75. The van der Waals surface area contributed by atoms with Crippen molar-refractivity contribution in [1.29, 1.82) is 0 Å². The largest absolute Gasteiger partial charge is 0.536 e. The molecule has 0 saturated heterocycles. The molecule has 0 saturated carbocycles. The van der Waals surface area contributed by atoms with Crippen LogP contribution < -0.4 is 9.39 Å². The smallest absolute Gasteiger partial charge is 0.504 e. The van der Waals surface area contributed by atoms with Gasteiger partial charge in [0.1, 0.15) is 12.4 Å². The van der Waals surface area contributed by atoms with Crippen LogP contribution in [-0.4, -0.2) is 12.7 Å². The molecule has 2 aromatic carbocycles. The van der Waals surface area contributed by atoms with Gasteiger partial charge in [0, 0.05) is 0 Å². The number of ether oxygens (including phenoxy) is 1. The van der Waals surface area contributed by atoms with Crippen molar-refractivity contribution in [1.82, 2.24) is 0 Å². The summed E-state index contributed by atoms with van der Waals surface area (Å²) in [5.74, 6) is 1.18. The van der Waals surface area contributed by atoms with Crippen LogP contribution in [0.15, 0.2) is 54.6 Å². The molecule has 3 nitrogen and oxygen atoms in total. The van der Waals surface area contributed by atoms with Crippen molar-refractivity contribution in [3.63, 3.8) is 0 Å². The lowest BCUT2D eigenvalue weighted by atomic mass is 10.2. The lowest BCUT2D eigenvalue weighted by molar-refractivity contribution is 0.294. The van der Waals surface area contributed by atoms with Crippen molar-refractivity contribution in [2.45, 2.75) is 6.61 Å². The normalized spacial score (nSPS) is 9.71. The fraction of sp³-hybridized carbons (Fsp3) is 0.0769. The summed E-state index contributed by atoms with van der Waals surface area (Å²) in [7, 11) is -0.355. The van der Waals surface area contributed by atoms with Crippen LogP contribution in [0.25, 0.3) is 0 Å². The molecule has 0 amide bonds. The van der Waals surface area contributed by atoms with Crippen molar-refractivity contribution >= 4 is 7.69 Å². The number of hydrogen-bond acceptors (Lipinski definition) is 3. The van der Waals surface area contributed by atoms with E-state index in [2.05, 4.69) is 0 Å². The molecular weight excluding hydrogens is 215 g/mol. The number of rotatable bonds is 5. The number of para-hydroxylation sites is 2. The molecule has 0 aliphatic carbocycles. The first-order valence-corrected chi connectivity index (χ1v) is 5.39. The molecule has 1 N–H and O–H groups in total.